The SMILES string of the molecule is OC(O)C(O)(O)O.[O]=[Ti][OH]. The van der Waals surface area contributed by atoms with E-state index in [-0.39, 0.29) is 0 Å². The third-order valence-corrected chi connectivity index (χ3v) is 0.346. The monoisotopic (exact) mass is 191 g/mol. The summed E-state index contributed by atoms with van der Waals surface area (Å²) in [7, 11) is 0. The van der Waals surface area contributed by atoms with E-state index >= 15 is 0 Å². The van der Waals surface area contributed by atoms with Gasteiger partial charge in [0.15, 0.2) is 0 Å². The standard InChI is InChI=1S/C2H6O5.H2O.O.Ti/c3-1(4)2(5,6)7;;;/h1,3-7H;1H2;;/q;;;+1/p-1. The van der Waals surface area contributed by atoms with E-state index in [9.17, 15) is 0 Å². The molecule has 0 fully saturated rings. The minimum absolute atomic E-state index is 1.75. The average molecular weight is 191 g/mol. The van der Waals surface area contributed by atoms with Crippen LogP contribution in [0, 0.1) is 0 Å². The molecule has 0 aliphatic heterocycles. The van der Waals surface area contributed by atoms with Crippen molar-refractivity contribution in [2.24, 2.45) is 0 Å². The molecule has 0 saturated heterocycles. The summed E-state index contributed by atoms with van der Waals surface area (Å²) in [5.41, 5.74) is 0. The van der Waals surface area contributed by atoms with E-state index in [1.54, 1.807) is 0 Å². The van der Waals surface area contributed by atoms with Gasteiger partial charge in [-0.3, -0.25) is 0 Å². The minimum atomic E-state index is -3.39. The van der Waals surface area contributed by atoms with Crippen LogP contribution in [0.15, 0.2) is 0 Å². The molecule has 0 unspecified atom stereocenters. The molecule has 0 atom stereocenters. The van der Waals surface area contributed by atoms with Crippen LogP contribution in [-0.2, 0) is 22.8 Å². The van der Waals surface area contributed by atoms with Crippen LogP contribution in [0.5, 0.6) is 0 Å². The van der Waals surface area contributed by atoms with Gasteiger partial charge in [0.25, 0.3) is 0 Å². The number of hydrogen-bond acceptors (Lipinski definition) is 6. The van der Waals surface area contributed by atoms with Gasteiger partial charge in [-0.25, -0.2) is 0 Å². The van der Waals surface area contributed by atoms with Crippen LogP contribution in [-0.4, -0.2) is 41.5 Å². The van der Waals surface area contributed by atoms with Crippen LogP contribution in [0.2, 0.25) is 0 Å². The summed E-state index contributed by atoms with van der Waals surface area (Å²) >= 11 is -1.75. The Morgan fingerprint density at radius 3 is 1.30 bits per heavy atom. The van der Waals surface area contributed by atoms with Crippen molar-refractivity contribution in [3.63, 3.8) is 0 Å². The summed E-state index contributed by atoms with van der Waals surface area (Å²) in [5, 5.41) is 38.5. The van der Waals surface area contributed by atoms with E-state index in [1.807, 2.05) is 0 Å². The summed E-state index contributed by atoms with van der Waals surface area (Å²) in [6.45, 7) is 0. The summed E-state index contributed by atoms with van der Waals surface area (Å²) < 4.78 is 15.8. The van der Waals surface area contributed by atoms with Crippen molar-refractivity contribution in [1.82, 2.24) is 0 Å². The molecule has 0 heterocycles. The van der Waals surface area contributed by atoms with Crippen LogP contribution < -0.4 is 0 Å². The molecule has 10 heavy (non-hydrogen) atoms. The van der Waals surface area contributed by atoms with Gasteiger partial charge < -0.3 is 25.5 Å². The Bertz CT molecular complexity index is 84.1. The molecule has 0 radical (unpaired) electrons. The zero-order valence-corrected chi connectivity index (χ0v) is 6.23. The Morgan fingerprint density at radius 2 is 1.30 bits per heavy atom. The molecular formula is C2H7O7Ti. The summed E-state index contributed by atoms with van der Waals surface area (Å²) in [5.74, 6) is -3.39. The van der Waals surface area contributed by atoms with E-state index in [1.165, 1.54) is 0 Å². The van der Waals surface area contributed by atoms with Crippen LogP contribution in [0.25, 0.3) is 0 Å². The molecule has 0 aromatic heterocycles. The fourth-order valence-corrected chi connectivity index (χ4v) is 0. The van der Waals surface area contributed by atoms with Crippen molar-refractivity contribution < 1.29 is 52.1 Å². The molecule has 0 saturated carbocycles. The first-order valence-corrected chi connectivity index (χ1v) is 3.24. The molecular weight excluding hydrogens is 184 g/mol. The predicted octanol–water partition coefficient (Wildman–Crippen LogP) is -3.75. The van der Waals surface area contributed by atoms with Crippen molar-refractivity contribution in [1.29, 1.82) is 0 Å². The van der Waals surface area contributed by atoms with Crippen molar-refractivity contribution >= 4 is 0 Å². The quantitative estimate of drug-likeness (QED) is 0.185. The fourth-order valence-electron chi connectivity index (χ4n) is 0. The summed E-state index contributed by atoms with van der Waals surface area (Å²) in [6, 6.07) is 0. The van der Waals surface area contributed by atoms with E-state index < -0.39 is 31.8 Å². The summed E-state index contributed by atoms with van der Waals surface area (Å²) in [4.78, 5) is 0. The molecule has 0 spiro atoms. The molecule has 7 nitrogen and oxygen atoms in total. The number of rotatable bonds is 1. The van der Waals surface area contributed by atoms with Gasteiger partial charge >= 0.3 is 32.5 Å². The maximum absolute atomic E-state index is 8.61. The molecule has 0 aliphatic rings. The molecule has 8 heteroatoms. The third-order valence-electron chi connectivity index (χ3n) is 0.346. The van der Waals surface area contributed by atoms with E-state index in [2.05, 4.69) is 0 Å². The third kappa shape index (κ3) is 11.1. The Hall–Kier alpha value is 0.274. The second-order valence-electron chi connectivity index (χ2n) is 1.15. The molecule has 0 rings (SSSR count). The first kappa shape index (κ1) is 12.9. The van der Waals surface area contributed by atoms with Crippen molar-refractivity contribution in [3.05, 3.63) is 0 Å². The molecule has 61 valence electrons. The average Bonchev–Trinajstić information content (AvgIpc) is 1.64. The van der Waals surface area contributed by atoms with Gasteiger partial charge in [0, 0.05) is 0 Å². The van der Waals surface area contributed by atoms with Crippen molar-refractivity contribution in [2.45, 2.75) is 12.3 Å². The molecule has 0 aromatic carbocycles. The van der Waals surface area contributed by atoms with Gasteiger partial charge in [0.05, 0.1) is 0 Å². The normalized spacial score (nSPS) is 9.90. The van der Waals surface area contributed by atoms with E-state index in [0.29, 0.717) is 0 Å². The number of aliphatic hydroxyl groups is 5. The van der Waals surface area contributed by atoms with Gasteiger partial charge in [0.2, 0.25) is 6.29 Å². The zero-order chi connectivity index (χ0) is 8.78. The van der Waals surface area contributed by atoms with Crippen LogP contribution in [0.1, 0.15) is 0 Å². The Morgan fingerprint density at radius 1 is 1.20 bits per heavy atom. The Kier molecular flexibility index (Phi) is 7.76. The van der Waals surface area contributed by atoms with Gasteiger partial charge in [-0.2, -0.15) is 0 Å². The van der Waals surface area contributed by atoms with Crippen LogP contribution in [0.4, 0.5) is 0 Å². The van der Waals surface area contributed by atoms with Crippen LogP contribution in [0.3, 0.4) is 0 Å². The molecule has 6 N–H and O–H groups in total. The van der Waals surface area contributed by atoms with E-state index in [0.717, 1.165) is 0 Å². The number of hydrogen-bond donors (Lipinski definition) is 6. The summed E-state index contributed by atoms with van der Waals surface area (Å²) in [6.07, 6.45) is -2.53. The van der Waals surface area contributed by atoms with Gasteiger partial charge in [-0.15, -0.1) is 0 Å². The first-order chi connectivity index (χ1) is 4.36. The maximum atomic E-state index is 8.61. The Labute approximate surface area is 64.9 Å². The molecule has 0 aromatic rings. The zero-order valence-electron chi connectivity index (χ0n) is 4.67. The molecule has 0 amide bonds. The topological polar surface area (TPSA) is 138 Å². The van der Waals surface area contributed by atoms with Gasteiger partial charge in [0.1, 0.15) is 0 Å². The van der Waals surface area contributed by atoms with Gasteiger partial charge in [-0.1, -0.05) is 0 Å². The van der Waals surface area contributed by atoms with Crippen molar-refractivity contribution in [3.8, 4) is 0 Å². The van der Waals surface area contributed by atoms with Crippen molar-refractivity contribution in [2.75, 3.05) is 0 Å². The van der Waals surface area contributed by atoms with Gasteiger partial charge in [-0.05, 0) is 0 Å². The number of aliphatic hydroxyl groups excluding tert-OH is 1. The van der Waals surface area contributed by atoms with E-state index in [4.69, 9.17) is 32.5 Å². The van der Waals surface area contributed by atoms with Crippen LogP contribution >= 0.6 is 0 Å². The molecule has 0 bridgehead atoms. The second kappa shape index (κ2) is 6.02. The predicted molar refractivity (Wildman–Crippen MR) is 20.5 cm³/mol. The fraction of sp³-hybridized carbons (Fsp3) is 1.00. The Balaban J connectivity index is 0. The second-order valence-corrected chi connectivity index (χ2v) is 1.44. The first-order valence-electron chi connectivity index (χ1n) is 1.90. The molecule has 0 aliphatic carbocycles.